The maximum absolute atomic E-state index is 5.88. The molecule has 0 fully saturated rings. The third-order valence-corrected chi connectivity index (χ3v) is 3.91. The maximum Gasteiger partial charge on any atom is 0.264 e. The second-order valence-electron chi connectivity index (χ2n) is 5.32. The zero-order valence-corrected chi connectivity index (χ0v) is 13.4. The SMILES string of the molecule is Clc1ccc(-c2noc(COc3ccc4ccccc4c3)n2)cc1. The molecule has 0 amide bonds. The van der Waals surface area contributed by atoms with Gasteiger partial charge in [-0.1, -0.05) is 47.1 Å². The number of rotatable bonds is 4. The fourth-order valence-corrected chi connectivity index (χ4v) is 2.56. The Morgan fingerprint density at radius 2 is 1.71 bits per heavy atom. The van der Waals surface area contributed by atoms with Crippen LogP contribution in [-0.2, 0) is 6.61 Å². The van der Waals surface area contributed by atoms with Crippen LogP contribution in [0.5, 0.6) is 5.75 Å². The van der Waals surface area contributed by atoms with Crippen molar-refractivity contribution >= 4 is 22.4 Å². The van der Waals surface area contributed by atoms with E-state index in [-0.39, 0.29) is 6.61 Å². The number of halogens is 1. The number of fused-ring (bicyclic) bond motifs is 1. The molecule has 4 aromatic rings. The van der Waals surface area contributed by atoms with E-state index in [4.69, 9.17) is 20.9 Å². The minimum absolute atomic E-state index is 0.221. The van der Waals surface area contributed by atoms with Crippen molar-refractivity contribution in [1.82, 2.24) is 10.1 Å². The molecule has 0 unspecified atom stereocenters. The van der Waals surface area contributed by atoms with E-state index in [0.717, 1.165) is 16.7 Å². The lowest BCUT2D eigenvalue weighted by molar-refractivity contribution is 0.243. The number of nitrogens with zero attached hydrogens (tertiary/aromatic N) is 2. The number of ether oxygens (including phenoxy) is 1. The fraction of sp³-hybridized carbons (Fsp3) is 0.0526. The predicted molar refractivity (Wildman–Crippen MR) is 93.0 cm³/mol. The predicted octanol–water partition coefficient (Wildman–Crippen LogP) is 5.12. The van der Waals surface area contributed by atoms with E-state index in [0.29, 0.717) is 16.7 Å². The Hall–Kier alpha value is -2.85. The van der Waals surface area contributed by atoms with E-state index >= 15 is 0 Å². The van der Waals surface area contributed by atoms with Gasteiger partial charge in [0.05, 0.1) is 0 Å². The number of aromatic nitrogens is 2. The molecule has 24 heavy (non-hydrogen) atoms. The van der Waals surface area contributed by atoms with Crippen LogP contribution in [0.25, 0.3) is 22.2 Å². The van der Waals surface area contributed by atoms with Crippen LogP contribution < -0.4 is 4.74 Å². The molecule has 0 bridgehead atoms. The zero-order valence-electron chi connectivity index (χ0n) is 12.6. The molecule has 118 valence electrons. The second-order valence-corrected chi connectivity index (χ2v) is 5.75. The summed E-state index contributed by atoms with van der Waals surface area (Å²) < 4.78 is 11.0. The molecule has 4 rings (SSSR count). The van der Waals surface area contributed by atoms with Gasteiger partial charge in [0.2, 0.25) is 5.82 Å². The van der Waals surface area contributed by atoms with Gasteiger partial charge in [-0.2, -0.15) is 4.98 Å². The van der Waals surface area contributed by atoms with E-state index in [1.165, 1.54) is 5.39 Å². The molecular weight excluding hydrogens is 324 g/mol. The molecule has 0 aliphatic rings. The van der Waals surface area contributed by atoms with Crippen LogP contribution in [0.2, 0.25) is 5.02 Å². The molecule has 0 aliphatic carbocycles. The number of hydrogen-bond donors (Lipinski definition) is 0. The van der Waals surface area contributed by atoms with Gasteiger partial charge in [-0.15, -0.1) is 0 Å². The Morgan fingerprint density at radius 1 is 0.917 bits per heavy atom. The molecule has 0 aliphatic heterocycles. The standard InChI is InChI=1S/C19H13ClN2O2/c20-16-8-5-14(6-9-16)19-21-18(24-22-19)12-23-17-10-7-13-3-1-2-4-15(13)11-17/h1-11H,12H2. The smallest absolute Gasteiger partial charge is 0.264 e. The van der Waals surface area contributed by atoms with Crippen LogP contribution in [-0.4, -0.2) is 10.1 Å². The van der Waals surface area contributed by atoms with Gasteiger partial charge in [0.15, 0.2) is 6.61 Å². The highest BCUT2D eigenvalue weighted by Crippen LogP contribution is 2.22. The molecule has 3 aromatic carbocycles. The minimum atomic E-state index is 0.221. The molecule has 1 aromatic heterocycles. The first-order chi connectivity index (χ1) is 11.8. The Labute approximate surface area is 143 Å². The van der Waals surface area contributed by atoms with Crippen LogP contribution in [0.3, 0.4) is 0 Å². The largest absolute Gasteiger partial charge is 0.484 e. The third-order valence-electron chi connectivity index (χ3n) is 3.65. The van der Waals surface area contributed by atoms with Gasteiger partial charge in [0.25, 0.3) is 5.89 Å². The maximum atomic E-state index is 5.88. The van der Waals surface area contributed by atoms with Gasteiger partial charge in [-0.05, 0) is 47.2 Å². The molecule has 0 radical (unpaired) electrons. The first-order valence-electron chi connectivity index (χ1n) is 7.48. The Kier molecular flexibility index (Phi) is 3.89. The lowest BCUT2D eigenvalue weighted by Gasteiger charge is -2.04. The van der Waals surface area contributed by atoms with E-state index in [1.54, 1.807) is 12.1 Å². The topological polar surface area (TPSA) is 48.2 Å². The minimum Gasteiger partial charge on any atom is -0.484 e. The van der Waals surface area contributed by atoms with Crippen LogP contribution in [0.15, 0.2) is 71.3 Å². The molecule has 4 nitrogen and oxygen atoms in total. The average molecular weight is 337 g/mol. The fourth-order valence-electron chi connectivity index (χ4n) is 2.43. The quantitative estimate of drug-likeness (QED) is 0.519. The molecule has 0 saturated carbocycles. The van der Waals surface area contributed by atoms with Crippen molar-refractivity contribution in [3.63, 3.8) is 0 Å². The molecule has 0 spiro atoms. The summed E-state index contributed by atoms with van der Waals surface area (Å²) in [6.07, 6.45) is 0. The molecule has 1 heterocycles. The van der Waals surface area contributed by atoms with Crippen molar-refractivity contribution in [2.24, 2.45) is 0 Å². The highest BCUT2D eigenvalue weighted by molar-refractivity contribution is 6.30. The summed E-state index contributed by atoms with van der Waals surface area (Å²) in [4.78, 5) is 4.34. The summed E-state index contributed by atoms with van der Waals surface area (Å²) in [5.41, 5.74) is 0.847. The van der Waals surface area contributed by atoms with Crippen molar-refractivity contribution < 1.29 is 9.26 Å². The van der Waals surface area contributed by atoms with E-state index in [2.05, 4.69) is 16.2 Å². The summed E-state index contributed by atoms with van der Waals surface area (Å²) >= 11 is 5.88. The van der Waals surface area contributed by atoms with Crippen molar-refractivity contribution in [3.05, 3.63) is 77.6 Å². The van der Waals surface area contributed by atoms with E-state index in [9.17, 15) is 0 Å². The van der Waals surface area contributed by atoms with Gasteiger partial charge in [-0.25, -0.2) is 0 Å². The van der Waals surface area contributed by atoms with Crippen LogP contribution >= 0.6 is 11.6 Å². The molecule has 0 saturated heterocycles. The monoisotopic (exact) mass is 336 g/mol. The van der Waals surface area contributed by atoms with Crippen molar-refractivity contribution in [1.29, 1.82) is 0 Å². The number of benzene rings is 3. The van der Waals surface area contributed by atoms with Gasteiger partial charge in [0, 0.05) is 10.6 Å². The second kappa shape index (κ2) is 6.34. The Morgan fingerprint density at radius 3 is 2.54 bits per heavy atom. The van der Waals surface area contributed by atoms with Crippen LogP contribution in [0.1, 0.15) is 5.89 Å². The normalized spacial score (nSPS) is 10.9. The van der Waals surface area contributed by atoms with Gasteiger partial charge >= 0.3 is 0 Å². The van der Waals surface area contributed by atoms with Gasteiger partial charge in [0.1, 0.15) is 5.75 Å². The third kappa shape index (κ3) is 3.09. The lowest BCUT2D eigenvalue weighted by atomic mass is 10.1. The lowest BCUT2D eigenvalue weighted by Crippen LogP contribution is -1.95. The van der Waals surface area contributed by atoms with E-state index < -0.39 is 0 Å². The van der Waals surface area contributed by atoms with Crippen molar-refractivity contribution in [3.8, 4) is 17.1 Å². The highest BCUT2D eigenvalue weighted by Gasteiger charge is 2.09. The molecule has 0 N–H and O–H groups in total. The van der Waals surface area contributed by atoms with Gasteiger partial charge < -0.3 is 9.26 Å². The zero-order chi connectivity index (χ0) is 16.4. The van der Waals surface area contributed by atoms with Crippen LogP contribution in [0, 0.1) is 0 Å². The van der Waals surface area contributed by atoms with Crippen molar-refractivity contribution in [2.45, 2.75) is 6.61 Å². The van der Waals surface area contributed by atoms with Gasteiger partial charge in [-0.3, -0.25) is 0 Å². The molecule has 5 heteroatoms. The molecular formula is C19H13ClN2O2. The summed E-state index contributed by atoms with van der Waals surface area (Å²) in [5.74, 6) is 1.71. The average Bonchev–Trinajstić information content (AvgIpc) is 3.09. The summed E-state index contributed by atoms with van der Waals surface area (Å²) in [7, 11) is 0. The van der Waals surface area contributed by atoms with E-state index in [1.807, 2.05) is 48.5 Å². The Balaban J connectivity index is 1.48. The van der Waals surface area contributed by atoms with Crippen molar-refractivity contribution in [2.75, 3.05) is 0 Å². The Bertz CT molecular complexity index is 980. The summed E-state index contributed by atoms with van der Waals surface area (Å²) in [6, 6.07) is 21.4. The summed E-state index contributed by atoms with van der Waals surface area (Å²) in [6.45, 7) is 0.221. The number of hydrogen-bond acceptors (Lipinski definition) is 4. The molecule has 0 atom stereocenters. The first-order valence-corrected chi connectivity index (χ1v) is 7.86. The summed E-state index contributed by atoms with van der Waals surface area (Å²) in [5, 5.41) is 6.94. The highest BCUT2D eigenvalue weighted by atomic mass is 35.5. The first kappa shape index (κ1) is 14.7. The van der Waals surface area contributed by atoms with Crippen LogP contribution in [0.4, 0.5) is 0 Å².